The van der Waals surface area contributed by atoms with E-state index in [-0.39, 0.29) is 11.8 Å². The highest BCUT2D eigenvalue weighted by molar-refractivity contribution is 6.00. The Hall–Kier alpha value is -3.08. The molecule has 0 unspecified atom stereocenters. The van der Waals surface area contributed by atoms with Gasteiger partial charge in [-0.1, -0.05) is 30.3 Å². The number of carbonyl (C=O) groups excluding carboxylic acids is 2. The molecule has 0 aliphatic rings. The van der Waals surface area contributed by atoms with E-state index >= 15 is 0 Å². The number of fused-ring (bicyclic) bond motifs is 1. The summed E-state index contributed by atoms with van der Waals surface area (Å²) in [6.07, 6.45) is 1.81. The van der Waals surface area contributed by atoms with Gasteiger partial charge in [0.1, 0.15) is 5.75 Å². The van der Waals surface area contributed by atoms with Crippen LogP contribution in [0.2, 0.25) is 0 Å². The van der Waals surface area contributed by atoms with Crippen molar-refractivity contribution in [2.24, 2.45) is 0 Å². The Morgan fingerprint density at radius 3 is 2.46 bits per heavy atom. The first kappa shape index (κ1) is 19.7. The van der Waals surface area contributed by atoms with Crippen LogP contribution in [0.5, 0.6) is 5.75 Å². The molecule has 0 spiro atoms. The molecule has 3 aromatic rings. The lowest BCUT2D eigenvalue weighted by atomic mass is 10.1. The molecule has 0 amide bonds. The Bertz CT molecular complexity index is 956. The van der Waals surface area contributed by atoms with E-state index in [4.69, 9.17) is 9.47 Å². The summed E-state index contributed by atoms with van der Waals surface area (Å²) < 4.78 is 12.2. The van der Waals surface area contributed by atoms with E-state index in [1.807, 2.05) is 54.6 Å². The third kappa shape index (κ3) is 4.80. The van der Waals surface area contributed by atoms with Gasteiger partial charge in [0.25, 0.3) is 0 Å². The van der Waals surface area contributed by atoms with Gasteiger partial charge in [-0.25, -0.2) is 0 Å². The predicted octanol–water partition coefficient (Wildman–Crippen LogP) is 4.61. The number of para-hydroxylation sites is 1. The largest absolute Gasteiger partial charge is 0.497 e. The second-order valence-corrected chi connectivity index (χ2v) is 6.74. The molecule has 1 heterocycles. The smallest absolute Gasteiger partial charge is 0.302 e. The van der Waals surface area contributed by atoms with Gasteiger partial charge in [-0.2, -0.15) is 0 Å². The van der Waals surface area contributed by atoms with Gasteiger partial charge >= 0.3 is 5.97 Å². The standard InChI is InChI=1S/C23H25NO4/c1-17(25)28-14-6-5-9-23(26)22-15-19-7-3-4-8-21(19)24(22)16-18-10-12-20(27-2)13-11-18/h3-4,7-8,10-13,15H,5-6,9,14,16H2,1-2H3. The van der Waals surface area contributed by atoms with Crippen molar-refractivity contribution in [2.45, 2.75) is 32.7 Å². The summed E-state index contributed by atoms with van der Waals surface area (Å²) >= 11 is 0. The molecule has 0 atom stereocenters. The van der Waals surface area contributed by atoms with Crippen molar-refractivity contribution >= 4 is 22.7 Å². The Kier molecular flexibility index (Phi) is 6.48. The zero-order chi connectivity index (χ0) is 19.9. The van der Waals surface area contributed by atoms with Crippen LogP contribution in [0, 0.1) is 0 Å². The summed E-state index contributed by atoms with van der Waals surface area (Å²) in [4.78, 5) is 23.7. The number of hydrogen-bond donors (Lipinski definition) is 0. The summed E-state index contributed by atoms with van der Waals surface area (Å²) in [5.41, 5.74) is 2.86. The Morgan fingerprint density at radius 1 is 1.00 bits per heavy atom. The third-order valence-electron chi connectivity index (χ3n) is 4.70. The molecule has 3 rings (SSSR count). The molecule has 5 heteroatoms. The number of esters is 1. The fourth-order valence-corrected chi connectivity index (χ4v) is 3.26. The van der Waals surface area contributed by atoms with E-state index in [0.29, 0.717) is 38.1 Å². The Morgan fingerprint density at radius 2 is 1.75 bits per heavy atom. The minimum absolute atomic E-state index is 0.104. The molecular weight excluding hydrogens is 354 g/mol. The molecule has 2 aromatic carbocycles. The van der Waals surface area contributed by atoms with Crippen molar-refractivity contribution in [1.29, 1.82) is 0 Å². The average molecular weight is 379 g/mol. The third-order valence-corrected chi connectivity index (χ3v) is 4.70. The van der Waals surface area contributed by atoms with E-state index in [2.05, 4.69) is 4.57 Å². The lowest BCUT2D eigenvalue weighted by molar-refractivity contribution is -0.141. The van der Waals surface area contributed by atoms with Crippen LogP contribution in [0.1, 0.15) is 42.2 Å². The first-order valence-corrected chi connectivity index (χ1v) is 9.46. The van der Waals surface area contributed by atoms with Gasteiger partial charge in [-0.15, -0.1) is 0 Å². The van der Waals surface area contributed by atoms with Gasteiger partial charge in [0.15, 0.2) is 5.78 Å². The van der Waals surface area contributed by atoms with E-state index in [1.165, 1.54) is 6.92 Å². The first-order valence-electron chi connectivity index (χ1n) is 9.46. The number of hydrogen-bond acceptors (Lipinski definition) is 4. The summed E-state index contributed by atoms with van der Waals surface area (Å²) in [5, 5.41) is 1.05. The number of ether oxygens (including phenoxy) is 2. The van der Waals surface area contributed by atoms with Crippen molar-refractivity contribution in [3.8, 4) is 5.75 Å². The van der Waals surface area contributed by atoms with Gasteiger partial charge in [-0.05, 0) is 42.7 Å². The second-order valence-electron chi connectivity index (χ2n) is 6.74. The minimum Gasteiger partial charge on any atom is -0.497 e. The monoisotopic (exact) mass is 379 g/mol. The van der Waals surface area contributed by atoms with Crippen LogP contribution in [0.15, 0.2) is 54.6 Å². The van der Waals surface area contributed by atoms with Crippen LogP contribution in [0.4, 0.5) is 0 Å². The molecule has 0 aliphatic heterocycles. The topological polar surface area (TPSA) is 57.5 Å². The molecule has 5 nitrogen and oxygen atoms in total. The Balaban J connectivity index is 1.78. The van der Waals surface area contributed by atoms with Crippen molar-refractivity contribution in [3.63, 3.8) is 0 Å². The highest BCUT2D eigenvalue weighted by Crippen LogP contribution is 2.23. The number of nitrogens with zero attached hydrogens (tertiary/aromatic N) is 1. The molecule has 0 bridgehead atoms. The average Bonchev–Trinajstić information content (AvgIpc) is 3.06. The summed E-state index contributed by atoms with van der Waals surface area (Å²) in [7, 11) is 1.65. The lowest BCUT2D eigenvalue weighted by Crippen LogP contribution is -2.10. The van der Waals surface area contributed by atoms with Crippen molar-refractivity contribution in [3.05, 3.63) is 65.9 Å². The van der Waals surface area contributed by atoms with Gasteiger partial charge in [0.05, 0.1) is 19.4 Å². The van der Waals surface area contributed by atoms with Crippen LogP contribution in [0.3, 0.4) is 0 Å². The molecule has 0 aliphatic carbocycles. The van der Waals surface area contributed by atoms with Crippen LogP contribution < -0.4 is 4.74 Å². The predicted molar refractivity (Wildman–Crippen MR) is 109 cm³/mol. The molecule has 0 N–H and O–H groups in total. The number of benzene rings is 2. The maximum Gasteiger partial charge on any atom is 0.302 e. The molecule has 0 radical (unpaired) electrons. The minimum atomic E-state index is -0.286. The quantitative estimate of drug-likeness (QED) is 0.309. The number of unbranched alkanes of at least 4 members (excludes halogenated alkanes) is 1. The van der Waals surface area contributed by atoms with Gasteiger partial charge < -0.3 is 14.0 Å². The summed E-state index contributed by atoms with van der Waals surface area (Å²) in [6.45, 7) is 2.37. The molecule has 0 saturated carbocycles. The number of aromatic nitrogens is 1. The van der Waals surface area contributed by atoms with Crippen LogP contribution >= 0.6 is 0 Å². The Labute approximate surface area is 164 Å². The normalized spacial score (nSPS) is 10.8. The van der Waals surface area contributed by atoms with E-state index in [9.17, 15) is 9.59 Å². The number of methoxy groups -OCH3 is 1. The maximum absolute atomic E-state index is 12.9. The fourth-order valence-electron chi connectivity index (χ4n) is 3.26. The van der Waals surface area contributed by atoms with Crippen LogP contribution in [-0.2, 0) is 16.1 Å². The van der Waals surface area contributed by atoms with Gasteiger partial charge in [-0.3, -0.25) is 9.59 Å². The van der Waals surface area contributed by atoms with Crippen LogP contribution in [0.25, 0.3) is 10.9 Å². The molecule has 146 valence electrons. The number of Topliss-reactive ketones (excluding diaryl/α,β-unsaturated/α-hetero) is 1. The van der Waals surface area contributed by atoms with Gasteiger partial charge in [0, 0.05) is 30.8 Å². The van der Waals surface area contributed by atoms with Crippen LogP contribution in [-0.4, -0.2) is 30.0 Å². The van der Waals surface area contributed by atoms with E-state index in [0.717, 1.165) is 22.2 Å². The number of rotatable bonds is 9. The number of ketones is 1. The maximum atomic E-state index is 12.9. The fraction of sp³-hybridized carbons (Fsp3) is 0.304. The lowest BCUT2D eigenvalue weighted by Gasteiger charge is -2.11. The molecular formula is C23H25NO4. The number of carbonyl (C=O) groups is 2. The zero-order valence-electron chi connectivity index (χ0n) is 16.3. The molecule has 0 saturated heterocycles. The van der Waals surface area contributed by atoms with E-state index < -0.39 is 0 Å². The second kappa shape index (κ2) is 9.22. The van der Waals surface area contributed by atoms with E-state index in [1.54, 1.807) is 7.11 Å². The first-order chi connectivity index (χ1) is 13.6. The SMILES string of the molecule is COc1ccc(Cn2c(C(=O)CCCCOC(C)=O)cc3ccccc32)cc1. The van der Waals surface area contributed by atoms with Crippen molar-refractivity contribution < 1.29 is 19.1 Å². The zero-order valence-corrected chi connectivity index (χ0v) is 16.3. The summed E-state index contributed by atoms with van der Waals surface area (Å²) in [6, 6.07) is 17.9. The molecule has 1 aromatic heterocycles. The molecule has 28 heavy (non-hydrogen) atoms. The summed E-state index contributed by atoms with van der Waals surface area (Å²) in [5.74, 6) is 0.628. The van der Waals surface area contributed by atoms with Crippen molar-refractivity contribution in [1.82, 2.24) is 4.57 Å². The highest BCUT2D eigenvalue weighted by Gasteiger charge is 2.15. The van der Waals surface area contributed by atoms with Gasteiger partial charge in [0.2, 0.25) is 0 Å². The highest BCUT2D eigenvalue weighted by atomic mass is 16.5. The van der Waals surface area contributed by atoms with Crippen molar-refractivity contribution in [2.75, 3.05) is 13.7 Å². The molecule has 0 fully saturated rings.